The van der Waals surface area contributed by atoms with Gasteiger partial charge in [0.1, 0.15) is 5.82 Å². The summed E-state index contributed by atoms with van der Waals surface area (Å²) in [7, 11) is -3.86. The van der Waals surface area contributed by atoms with Gasteiger partial charge in [-0.15, -0.1) is 0 Å². The Balaban J connectivity index is 1.86. The Kier molecular flexibility index (Phi) is 5.36. The van der Waals surface area contributed by atoms with E-state index in [9.17, 15) is 22.7 Å². The average Bonchev–Trinajstić information content (AvgIpc) is 2.63. The molecule has 1 amide bonds. The molecule has 1 aliphatic heterocycles. The molecule has 0 aliphatic carbocycles. The molecule has 1 fully saturated rings. The summed E-state index contributed by atoms with van der Waals surface area (Å²) in [5.41, 5.74) is 0.141. The number of amides is 1. The van der Waals surface area contributed by atoms with Crippen molar-refractivity contribution in [2.75, 3.05) is 18.4 Å². The van der Waals surface area contributed by atoms with Gasteiger partial charge in [-0.25, -0.2) is 12.8 Å². The zero-order chi connectivity index (χ0) is 18.7. The number of rotatable bonds is 4. The second-order valence-corrected chi connectivity index (χ2v) is 8.03. The fraction of sp³-hybridized carbons (Fsp3) is 0.278. The first-order valence-corrected chi connectivity index (χ1v) is 9.66. The van der Waals surface area contributed by atoms with Gasteiger partial charge in [-0.05, 0) is 43.2 Å². The van der Waals surface area contributed by atoms with Crippen LogP contribution in [0.2, 0.25) is 0 Å². The van der Waals surface area contributed by atoms with Gasteiger partial charge in [0.15, 0.2) is 0 Å². The Bertz CT molecular complexity index is 895. The molecule has 0 spiro atoms. The van der Waals surface area contributed by atoms with Gasteiger partial charge in [-0.3, -0.25) is 4.79 Å². The number of aliphatic hydroxyl groups excluding tert-OH is 1. The van der Waals surface area contributed by atoms with Crippen LogP contribution in [0.5, 0.6) is 0 Å². The molecule has 6 nitrogen and oxygen atoms in total. The molecule has 26 heavy (non-hydrogen) atoms. The summed E-state index contributed by atoms with van der Waals surface area (Å²) in [5.74, 6) is -1.52. The van der Waals surface area contributed by atoms with Gasteiger partial charge >= 0.3 is 0 Å². The van der Waals surface area contributed by atoms with Crippen LogP contribution in [0.15, 0.2) is 53.4 Å². The minimum atomic E-state index is -3.86. The summed E-state index contributed by atoms with van der Waals surface area (Å²) in [6.07, 6.45) is 0.186. The van der Waals surface area contributed by atoms with E-state index >= 15 is 0 Å². The van der Waals surface area contributed by atoms with Gasteiger partial charge in [0.2, 0.25) is 10.0 Å². The minimum Gasteiger partial charge on any atom is -0.393 e. The molecule has 1 aliphatic rings. The van der Waals surface area contributed by atoms with Crippen LogP contribution < -0.4 is 5.32 Å². The minimum absolute atomic E-state index is 0.145. The molecule has 0 atom stereocenters. The zero-order valence-electron chi connectivity index (χ0n) is 13.9. The van der Waals surface area contributed by atoms with E-state index in [0.29, 0.717) is 18.5 Å². The molecule has 0 radical (unpaired) electrons. The lowest BCUT2D eigenvalue weighted by Gasteiger charge is -2.28. The summed E-state index contributed by atoms with van der Waals surface area (Å²) in [6.45, 7) is 0.374. The van der Waals surface area contributed by atoms with Gasteiger partial charge in [0.25, 0.3) is 5.91 Å². The number of nitrogens with zero attached hydrogens (tertiary/aromatic N) is 1. The standard InChI is InChI=1S/C18H19FN2O4S/c19-17-7-6-15(26(24,25)21-10-8-14(22)9-11-21)12-16(17)18(23)20-13-4-2-1-3-5-13/h1-7,12,14,22H,8-11H2,(H,20,23). The van der Waals surface area contributed by atoms with E-state index in [2.05, 4.69) is 5.32 Å². The van der Waals surface area contributed by atoms with Crippen molar-refractivity contribution < 1.29 is 22.7 Å². The largest absolute Gasteiger partial charge is 0.393 e. The van der Waals surface area contributed by atoms with Crippen LogP contribution in [0.3, 0.4) is 0 Å². The number of carbonyl (C=O) groups is 1. The van der Waals surface area contributed by atoms with E-state index in [1.807, 2.05) is 0 Å². The first-order chi connectivity index (χ1) is 12.4. The lowest BCUT2D eigenvalue weighted by molar-refractivity contribution is 0.102. The molecule has 0 saturated carbocycles. The maximum atomic E-state index is 14.1. The molecule has 1 heterocycles. The number of benzene rings is 2. The summed E-state index contributed by atoms with van der Waals surface area (Å²) in [5, 5.41) is 12.1. The summed E-state index contributed by atoms with van der Waals surface area (Å²) < 4.78 is 40.8. The topological polar surface area (TPSA) is 86.7 Å². The highest BCUT2D eigenvalue weighted by atomic mass is 32.2. The van der Waals surface area contributed by atoms with E-state index in [1.54, 1.807) is 30.3 Å². The molecule has 8 heteroatoms. The van der Waals surface area contributed by atoms with Crippen LogP contribution in [0.1, 0.15) is 23.2 Å². The van der Waals surface area contributed by atoms with E-state index < -0.39 is 27.9 Å². The Hall–Kier alpha value is -2.29. The fourth-order valence-corrected chi connectivity index (χ4v) is 4.29. The summed E-state index contributed by atoms with van der Waals surface area (Å²) in [4.78, 5) is 12.2. The molecule has 2 N–H and O–H groups in total. The maximum Gasteiger partial charge on any atom is 0.258 e. The van der Waals surface area contributed by atoms with Crippen molar-refractivity contribution >= 4 is 21.6 Å². The van der Waals surface area contributed by atoms with Crippen molar-refractivity contribution in [2.45, 2.75) is 23.8 Å². The number of nitrogens with one attached hydrogen (secondary N) is 1. The molecular weight excluding hydrogens is 359 g/mol. The van der Waals surface area contributed by atoms with Crippen LogP contribution in [0.4, 0.5) is 10.1 Å². The number of carbonyl (C=O) groups excluding carboxylic acids is 1. The van der Waals surface area contributed by atoms with Crippen LogP contribution >= 0.6 is 0 Å². The molecule has 0 unspecified atom stereocenters. The van der Waals surface area contributed by atoms with Crippen LogP contribution in [-0.2, 0) is 10.0 Å². The molecule has 3 rings (SSSR count). The highest BCUT2D eigenvalue weighted by molar-refractivity contribution is 7.89. The van der Waals surface area contributed by atoms with Gasteiger partial charge in [-0.1, -0.05) is 18.2 Å². The number of anilines is 1. The number of aliphatic hydroxyl groups is 1. The van der Waals surface area contributed by atoms with Gasteiger partial charge in [-0.2, -0.15) is 4.31 Å². The molecule has 1 saturated heterocycles. The van der Waals surface area contributed by atoms with Crippen LogP contribution in [0, 0.1) is 5.82 Å². The first kappa shape index (κ1) is 18.5. The average molecular weight is 378 g/mol. The van der Waals surface area contributed by atoms with Crippen molar-refractivity contribution in [1.82, 2.24) is 4.31 Å². The van der Waals surface area contributed by atoms with E-state index in [-0.39, 0.29) is 23.5 Å². The molecule has 2 aromatic rings. The second kappa shape index (κ2) is 7.53. The van der Waals surface area contributed by atoms with Crippen LogP contribution in [0.25, 0.3) is 0 Å². The normalized spacial score (nSPS) is 16.4. The number of halogens is 1. The van der Waals surface area contributed by atoms with E-state index in [0.717, 1.165) is 18.2 Å². The third-order valence-corrected chi connectivity index (χ3v) is 6.17. The Labute approximate surface area is 151 Å². The molecule has 138 valence electrons. The fourth-order valence-electron chi connectivity index (χ4n) is 2.79. The van der Waals surface area contributed by atoms with Gasteiger partial charge in [0, 0.05) is 18.8 Å². The molecule has 0 bridgehead atoms. The molecule has 0 aromatic heterocycles. The van der Waals surface area contributed by atoms with E-state index in [1.165, 1.54) is 4.31 Å². The Morgan fingerprint density at radius 1 is 1.12 bits per heavy atom. The number of sulfonamides is 1. The zero-order valence-corrected chi connectivity index (χ0v) is 14.7. The smallest absolute Gasteiger partial charge is 0.258 e. The van der Waals surface area contributed by atoms with Crippen molar-refractivity contribution in [3.05, 3.63) is 59.9 Å². The lowest BCUT2D eigenvalue weighted by Crippen LogP contribution is -2.40. The quantitative estimate of drug-likeness (QED) is 0.854. The van der Waals surface area contributed by atoms with Crippen molar-refractivity contribution in [3.63, 3.8) is 0 Å². The third kappa shape index (κ3) is 3.92. The highest BCUT2D eigenvalue weighted by Crippen LogP contribution is 2.23. The highest BCUT2D eigenvalue weighted by Gasteiger charge is 2.29. The first-order valence-electron chi connectivity index (χ1n) is 8.22. The molecule has 2 aromatic carbocycles. The Morgan fingerprint density at radius 3 is 2.42 bits per heavy atom. The SMILES string of the molecule is O=C(Nc1ccccc1)c1cc(S(=O)(=O)N2CCC(O)CC2)ccc1F. The third-order valence-electron chi connectivity index (χ3n) is 4.28. The molecular formula is C18H19FN2O4S. The lowest BCUT2D eigenvalue weighted by atomic mass is 10.1. The number of hydrogen-bond acceptors (Lipinski definition) is 4. The van der Waals surface area contributed by atoms with Crippen molar-refractivity contribution in [3.8, 4) is 0 Å². The number of para-hydroxylation sites is 1. The summed E-state index contributed by atoms with van der Waals surface area (Å²) in [6, 6.07) is 11.7. The van der Waals surface area contributed by atoms with Crippen molar-refractivity contribution in [1.29, 1.82) is 0 Å². The second-order valence-electron chi connectivity index (χ2n) is 6.10. The summed E-state index contributed by atoms with van der Waals surface area (Å²) >= 11 is 0. The van der Waals surface area contributed by atoms with Crippen molar-refractivity contribution in [2.24, 2.45) is 0 Å². The monoisotopic (exact) mass is 378 g/mol. The van der Waals surface area contributed by atoms with Crippen LogP contribution in [-0.4, -0.2) is 42.9 Å². The maximum absolute atomic E-state index is 14.1. The van der Waals surface area contributed by atoms with Gasteiger partial charge in [0.05, 0.1) is 16.6 Å². The predicted octanol–water partition coefficient (Wildman–Crippen LogP) is 2.22. The van der Waals surface area contributed by atoms with Gasteiger partial charge < -0.3 is 10.4 Å². The predicted molar refractivity (Wildman–Crippen MR) is 94.8 cm³/mol. The van der Waals surface area contributed by atoms with E-state index in [4.69, 9.17) is 0 Å². The number of piperidine rings is 1. The Morgan fingerprint density at radius 2 is 1.77 bits per heavy atom. The number of hydrogen-bond donors (Lipinski definition) is 2.